The number of nitrogens with two attached hydrogens (primary N) is 1. The van der Waals surface area contributed by atoms with Crippen molar-refractivity contribution in [1.82, 2.24) is 14.6 Å². The van der Waals surface area contributed by atoms with Crippen LogP contribution in [0.2, 0.25) is 0 Å². The van der Waals surface area contributed by atoms with Crippen LogP contribution in [-0.4, -0.2) is 27.7 Å². The lowest BCUT2D eigenvalue weighted by molar-refractivity contribution is 0.310. The highest BCUT2D eigenvalue weighted by atomic mass is 16.5. The molecule has 0 spiro atoms. The van der Waals surface area contributed by atoms with Gasteiger partial charge in [0.1, 0.15) is 0 Å². The molecule has 2 aromatic rings. The summed E-state index contributed by atoms with van der Waals surface area (Å²) in [5.74, 6) is 0.717. The fraction of sp³-hybridized carbons (Fsp3) is 0.333. The van der Waals surface area contributed by atoms with Crippen LogP contribution in [0.25, 0.3) is 5.65 Å². The Kier molecular flexibility index (Phi) is 2.60. The predicted octanol–water partition coefficient (Wildman–Crippen LogP) is 0.457. The van der Waals surface area contributed by atoms with Crippen molar-refractivity contribution >= 4 is 5.65 Å². The average molecular weight is 192 g/mol. The summed E-state index contributed by atoms with van der Waals surface area (Å²) in [5.41, 5.74) is 6.17. The van der Waals surface area contributed by atoms with Gasteiger partial charge in [-0.15, -0.1) is 0 Å². The number of hydrogen-bond acceptors (Lipinski definition) is 4. The molecule has 0 aliphatic rings. The molecule has 0 aliphatic carbocycles. The van der Waals surface area contributed by atoms with Crippen LogP contribution in [0.4, 0.5) is 0 Å². The minimum Gasteiger partial charge on any atom is -0.490 e. The Morgan fingerprint density at radius 2 is 2.43 bits per heavy atom. The molecule has 2 aromatic heterocycles. The van der Waals surface area contributed by atoms with Gasteiger partial charge >= 0.3 is 0 Å². The van der Waals surface area contributed by atoms with E-state index >= 15 is 0 Å². The summed E-state index contributed by atoms with van der Waals surface area (Å²) in [5, 5.41) is 4.06. The third kappa shape index (κ3) is 1.82. The first kappa shape index (κ1) is 8.96. The molecule has 2 heterocycles. The van der Waals surface area contributed by atoms with Crippen molar-refractivity contribution < 1.29 is 4.74 Å². The molecule has 0 amide bonds. The van der Waals surface area contributed by atoms with E-state index in [2.05, 4.69) is 10.1 Å². The summed E-state index contributed by atoms with van der Waals surface area (Å²) in [4.78, 5) is 4.16. The molecule has 0 fully saturated rings. The molecule has 2 rings (SSSR count). The lowest BCUT2D eigenvalue weighted by atomic mass is 10.4. The number of nitrogens with zero attached hydrogens (tertiary/aromatic N) is 3. The highest BCUT2D eigenvalue weighted by Crippen LogP contribution is 2.09. The lowest BCUT2D eigenvalue weighted by Gasteiger charge is -2.04. The third-order valence-electron chi connectivity index (χ3n) is 1.84. The summed E-state index contributed by atoms with van der Waals surface area (Å²) in [6, 6.07) is 1.84. The normalized spacial score (nSPS) is 10.6. The third-order valence-corrected chi connectivity index (χ3v) is 1.84. The summed E-state index contributed by atoms with van der Waals surface area (Å²) >= 11 is 0. The summed E-state index contributed by atoms with van der Waals surface area (Å²) < 4.78 is 7.10. The SMILES string of the molecule is NCCCOc1cnc2ccnn2c1. The molecule has 5 heteroatoms. The Morgan fingerprint density at radius 3 is 3.29 bits per heavy atom. The quantitative estimate of drug-likeness (QED) is 0.714. The van der Waals surface area contributed by atoms with Gasteiger partial charge in [0, 0.05) is 6.07 Å². The van der Waals surface area contributed by atoms with Crippen LogP contribution < -0.4 is 10.5 Å². The van der Waals surface area contributed by atoms with Crippen molar-refractivity contribution in [3.05, 3.63) is 24.7 Å². The van der Waals surface area contributed by atoms with Crippen molar-refractivity contribution in [2.75, 3.05) is 13.2 Å². The van der Waals surface area contributed by atoms with E-state index in [4.69, 9.17) is 10.5 Å². The van der Waals surface area contributed by atoms with Gasteiger partial charge in [-0.2, -0.15) is 5.10 Å². The van der Waals surface area contributed by atoms with Gasteiger partial charge < -0.3 is 10.5 Å². The topological polar surface area (TPSA) is 65.4 Å². The van der Waals surface area contributed by atoms with Gasteiger partial charge in [0.05, 0.1) is 25.2 Å². The Morgan fingerprint density at radius 1 is 1.50 bits per heavy atom. The fourth-order valence-electron chi connectivity index (χ4n) is 1.14. The molecule has 5 nitrogen and oxygen atoms in total. The Labute approximate surface area is 81.5 Å². The summed E-state index contributed by atoms with van der Waals surface area (Å²) in [7, 11) is 0. The Hall–Kier alpha value is -1.62. The van der Waals surface area contributed by atoms with Gasteiger partial charge in [0.25, 0.3) is 0 Å². The molecular formula is C9H12N4O. The van der Waals surface area contributed by atoms with Gasteiger partial charge in [-0.25, -0.2) is 9.50 Å². The summed E-state index contributed by atoms with van der Waals surface area (Å²) in [6.07, 6.45) is 6.04. The Bertz CT molecular complexity index is 412. The van der Waals surface area contributed by atoms with Crippen molar-refractivity contribution in [2.45, 2.75) is 6.42 Å². The summed E-state index contributed by atoms with van der Waals surface area (Å²) in [6.45, 7) is 1.25. The van der Waals surface area contributed by atoms with Crippen molar-refractivity contribution in [3.63, 3.8) is 0 Å². The van der Waals surface area contributed by atoms with E-state index in [1.807, 2.05) is 6.07 Å². The molecular weight excluding hydrogens is 180 g/mol. The van der Waals surface area contributed by atoms with Gasteiger partial charge in [-0.05, 0) is 13.0 Å². The van der Waals surface area contributed by atoms with E-state index in [0.717, 1.165) is 17.8 Å². The minimum atomic E-state index is 0.616. The van der Waals surface area contributed by atoms with Crippen LogP contribution in [0.15, 0.2) is 24.7 Å². The van der Waals surface area contributed by atoms with Crippen molar-refractivity contribution in [1.29, 1.82) is 0 Å². The zero-order valence-electron chi connectivity index (χ0n) is 7.76. The van der Waals surface area contributed by atoms with Crippen LogP contribution in [-0.2, 0) is 0 Å². The van der Waals surface area contributed by atoms with Crippen LogP contribution in [0, 0.1) is 0 Å². The first-order valence-corrected chi connectivity index (χ1v) is 4.52. The maximum absolute atomic E-state index is 5.42. The maximum atomic E-state index is 5.42. The number of rotatable bonds is 4. The van der Waals surface area contributed by atoms with E-state index in [1.165, 1.54) is 0 Å². The standard InChI is InChI=1S/C9H12N4O/c10-3-1-5-14-8-6-11-9-2-4-12-13(9)7-8/h2,4,6-7H,1,3,5,10H2. The molecule has 0 aliphatic heterocycles. The van der Waals surface area contributed by atoms with Gasteiger partial charge in [-0.1, -0.05) is 0 Å². The second kappa shape index (κ2) is 4.06. The van der Waals surface area contributed by atoms with E-state index in [0.29, 0.717) is 13.2 Å². The second-order valence-corrected chi connectivity index (χ2v) is 2.91. The molecule has 0 unspecified atom stereocenters. The molecule has 0 bridgehead atoms. The van der Waals surface area contributed by atoms with Gasteiger partial charge in [-0.3, -0.25) is 0 Å². The molecule has 2 N–H and O–H groups in total. The van der Waals surface area contributed by atoms with Crippen LogP contribution in [0.1, 0.15) is 6.42 Å². The monoisotopic (exact) mass is 192 g/mol. The number of ether oxygens (including phenoxy) is 1. The number of aromatic nitrogens is 3. The molecule has 14 heavy (non-hydrogen) atoms. The molecule has 0 atom stereocenters. The van der Waals surface area contributed by atoms with Gasteiger partial charge in [0.2, 0.25) is 0 Å². The first-order valence-electron chi connectivity index (χ1n) is 4.52. The average Bonchev–Trinajstić information content (AvgIpc) is 2.65. The molecule has 74 valence electrons. The van der Waals surface area contributed by atoms with Crippen molar-refractivity contribution in [2.24, 2.45) is 5.73 Å². The zero-order chi connectivity index (χ0) is 9.80. The van der Waals surface area contributed by atoms with Crippen molar-refractivity contribution in [3.8, 4) is 5.75 Å². The molecule has 0 radical (unpaired) electrons. The van der Waals surface area contributed by atoms with E-state index in [9.17, 15) is 0 Å². The van der Waals surface area contributed by atoms with E-state index < -0.39 is 0 Å². The maximum Gasteiger partial charge on any atom is 0.155 e. The highest BCUT2D eigenvalue weighted by molar-refractivity contribution is 5.37. The predicted molar refractivity (Wildman–Crippen MR) is 52.2 cm³/mol. The number of fused-ring (bicyclic) bond motifs is 1. The van der Waals surface area contributed by atoms with Crippen LogP contribution in [0.5, 0.6) is 5.75 Å². The zero-order valence-corrected chi connectivity index (χ0v) is 7.76. The van der Waals surface area contributed by atoms with Crippen LogP contribution >= 0.6 is 0 Å². The molecule has 0 saturated heterocycles. The second-order valence-electron chi connectivity index (χ2n) is 2.91. The number of hydrogen-bond donors (Lipinski definition) is 1. The fourth-order valence-corrected chi connectivity index (χ4v) is 1.14. The lowest BCUT2D eigenvalue weighted by Crippen LogP contribution is -2.06. The smallest absolute Gasteiger partial charge is 0.155 e. The van der Waals surface area contributed by atoms with E-state index in [1.54, 1.807) is 23.1 Å². The largest absolute Gasteiger partial charge is 0.490 e. The Balaban J connectivity index is 2.10. The van der Waals surface area contributed by atoms with Crippen LogP contribution in [0.3, 0.4) is 0 Å². The first-order chi connectivity index (χ1) is 6.90. The van der Waals surface area contributed by atoms with E-state index in [-0.39, 0.29) is 0 Å². The van der Waals surface area contributed by atoms with Gasteiger partial charge in [0.15, 0.2) is 11.4 Å². The molecule has 0 aromatic carbocycles. The highest BCUT2D eigenvalue weighted by Gasteiger charge is 1.97. The minimum absolute atomic E-state index is 0.616. The molecule has 0 saturated carbocycles.